The Morgan fingerprint density at radius 1 is 1.38 bits per heavy atom. The summed E-state index contributed by atoms with van der Waals surface area (Å²) in [6.45, 7) is 11.0. The molecule has 0 bridgehead atoms. The van der Waals surface area contributed by atoms with Crippen LogP contribution < -0.4 is 10.1 Å². The minimum Gasteiger partial charge on any atom is -0.496 e. The molecule has 118 valence electrons. The van der Waals surface area contributed by atoms with Gasteiger partial charge in [0.05, 0.1) is 7.11 Å². The number of hydrogen-bond donors (Lipinski definition) is 1. The van der Waals surface area contributed by atoms with Crippen LogP contribution in [0, 0.1) is 5.92 Å². The molecule has 0 saturated carbocycles. The minimum absolute atomic E-state index is 0.513. The molecule has 1 atom stereocenters. The van der Waals surface area contributed by atoms with Crippen LogP contribution in [0.4, 0.5) is 0 Å². The van der Waals surface area contributed by atoms with Gasteiger partial charge in [0.2, 0.25) is 0 Å². The molecule has 1 unspecified atom stereocenters. The van der Waals surface area contributed by atoms with Crippen molar-refractivity contribution in [2.75, 3.05) is 20.2 Å². The summed E-state index contributed by atoms with van der Waals surface area (Å²) in [4.78, 5) is 2.56. The number of nitrogens with zero attached hydrogens (tertiary/aromatic N) is 1. The Hall–Kier alpha value is -1.06. The smallest absolute Gasteiger partial charge is 0.123 e. The zero-order chi connectivity index (χ0) is 15.2. The molecule has 1 N–H and O–H groups in total. The monoisotopic (exact) mass is 290 g/mol. The number of rotatable bonds is 7. The van der Waals surface area contributed by atoms with Crippen molar-refractivity contribution in [3.8, 4) is 5.75 Å². The third-order valence-corrected chi connectivity index (χ3v) is 4.40. The summed E-state index contributed by atoms with van der Waals surface area (Å²) in [7, 11) is 1.77. The van der Waals surface area contributed by atoms with Crippen LogP contribution in [0.3, 0.4) is 0 Å². The maximum Gasteiger partial charge on any atom is 0.123 e. The molecule has 1 saturated heterocycles. The second kappa shape index (κ2) is 7.81. The first-order valence-corrected chi connectivity index (χ1v) is 8.23. The van der Waals surface area contributed by atoms with Crippen LogP contribution >= 0.6 is 0 Å². The summed E-state index contributed by atoms with van der Waals surface area (Å²) < 4.78 is 5.54. The molecule has 0 radical (unpaired) electrons. The van der Waals surface area contributed by atoms with Crippen LogP contribution in [0.15, 0.2) is 18.2 Å². The zero-order valence-corrected chi connectivity index (χ0v) is 14.0. The number of nitrogens with one attached hydrogen (secondary N) is 1. The summed E-state index contributed by atoms with van der Waals surface area (Å²) in [5.74, 6) is 1.89. The Morgan fingerprint density at radius 3 is 2.81 bits per heavy atom. The number of likely N-dealkylation sites (tertiary alicyclic amines) is 1. The van der Waals surface area contributed by atoms with Crippen LogP contribution in [0.5, 0.6) is 5.75 Å². The van der Waals surface area contributed by atoms with E-state index < -0.39 is 0 Å². The fourth-order valence-corrected chi connectivity index (χ4v) is 3.02. The third-order valence-electron chi connectivity index (χ3n) is 4.40. The predicted molar refractivity (Wildman–Crippen MR) is 88.6 cm³/mol. The molecule has 1 aromatic carbocycles. The van der Waals surface area contributed by atoms with E-state index in [4.69, 9.17) is 4.74 Å². The van der Waals surface area contributed by atoms with Crippen LogP contribution in [-0.2, 0) is 13.1 Å². The molecule has 1 aliphatic heterocycles. The lowest BCUT2D eigenvalue weighted by molar-refractivity contribution is 0.307. The molecule has 0 spiro atoms. The molecule has 0 aromatic heterocycles. The van der Waals surface area contributed by atoms with E-state index in [9.17, 15) is 0 Å². The first kappa shape index (κ1) is 16.3. The zero-order valence-electron chi connectivity index (χ0n) is 14.0. The summed E-state index contributed by atoms with van der Waals surface area (Å²) in [6.07, 6.45) is 2.64. The molecular formula is C18H30N2O. The van der Waals surface area contributed by atoms with Crippen molar-refractivity contribution in [1.29, 1.82) is 0 Å². The minimum atomic E-state index is 0.513. The molecule has 1 heterocycles. The molecule has 0 aliphatic carbocycles. The molecule has 1 aliphatic rings. The molecular weight excluding hydrogens is 260 g/mol. The van der Waals surface area contributed by atoms with E-state index in [2.05, 4.69) is 49.2 Å². The fraction of sp³-hybridized carbons (Fsp3) is 0.667. The molecule has 3 nitrogen and oxygen atoms in total. The third kappa shape index (κ3) is 4.72. The number of ether oxygens (including phenoxy) is 1. The maximum absolute atomic E-state index is 5.54. The second-order valence-electron chi connectivity index (χ2n) is 6.48. The summed E-state index contributed by atoms with van der Waals surface area (Å²) in [5, 5.41) is 3.48. The van der Waals surface area contributed by atoms with E-state index in [0.29, 0.717) is 6.04 Å². The number of methoxy groups -OCH3 is 1. The van der Waals surface area contributed by atoms with Gasteiger partial charge in [0.15, 0.2) is 0 Å². The van der Waals surface area contributed by atoms with Gasteiger partial charge in [0, 0.05) is 31.2 Å². The lowest BCUT2D eigenvalue weighted by atomic mass is 10.1. The molecule has 1 fully saturated rings. The standard InChI is InChI=1S/C18H30N2O/c1-5-15-8-9-20(12-15)13-17-10-16(11-19-14(2)3)6-7-18(17)21-4/h6-7,10,14-15,19H,5,8-9,11-13H2,1-4H3. The highest BCUT2D eigenvalue weighted by Gasteiger charge is 2.21. The molecule has 0 amide bonds. The maximum atomic E-state index is 5.54. The van der Waals surface area contributed by atoms with Gasteiger partial charge in [-0.15, -0.1) is 0 Å². The quantitative estimate of drug-likeness (QED) is 0.832. The van der Waals surface area contributed by atoms with Gasteiger partial charge in [-0.25, -0.2) is 0 Å². The van der Waals surface area contributed by atoms with E-state index in [1.165, 1.54) is 37.1 Å². The topological polar surface area (TPSA) is 24.5 Å². The summed E-state index contributed by atoms with van der Waals surface area (Å²) in [6, 6.07) is 7.09. The number of hydrogen-bond acceptors (Lipinski definition) is 3. The number of benzene rings is 1. The van der Waals surface area contributed by atoms with Crippen LogP contribution in [0.1, 0.15) is 44.7 Å². The average molecular weight is 290 g/mol. The van der Waals surface area contributed by atoms with Gasteiger partial charge in [-0.2, -0.15) is 0 Å². The van der Waals surface area contributed by atoms with E-state index in [1.54, 1.807) is 7.11 Å². The summed E-state index contributed by atoms with van der Waals surface area (Å²) >= 11 is 0. The van der Waals surface area contributed by atoms with E-state index in [-0.39, 0.29) is 0 Å². The Bertz CT molecular complexity index is 445. The van der Waals surface area contributed by atoms with Gasteiger partial charge in [0.1, 0.15) is 5.75 Å². The second-order valence-corrected chi connectivity index (χ2v) is 6.48. The first-order valence-electron chi connectivity index (χ1n) is 8.23. The van der Waals surface area contributed by atoms with E-state index in [0.717, 1.165) is 24.8 Å². The van der Waals surface area contributed by atoms with Crippen molar-refractivity contribution in [1.82, 2.24) is 10.2 Å². The van der Waals surface area contributed by atoms with Gasteiger partial charge in [-0.3, -0.25) is 4.90 Å². The summed E-state index contributed by atoms with van der Waals surface area (Å²) in [5.41, 5.74) is 2.66. The highest BCUT2D eigenvalue weighted by atomic mass is 16.5. The van der Waals surface area contributed by atoms with E-state index in [1.807, 2.05) is 0 Å². The highest BCUT2D eigenvalue weighted by molar-refractivity contribution is 5.37. The Morgan fingerprint density at radius 2 is 2.19 bits per heavy atom. The van der Waals surface area contributed by atoms with Gasteiger partial charge in [-0.05, 0) is 36.6 Å². The van der Waals surface area contributed by atoms with Crippen molar-refractivity contribution >= 4 is 0 Å². The van der Waals surface area contributed by atoms with Crippen LogP contribution in [0.25, 0.3) is 0 Å². The fourth-order valence-electron chi connectivity index (χ4n) is 3.02. The largest absolute Gasteiger partial charge is 0.496 e. The molecule has 3 heteroatoms. The van der Waals surface area contributed by atoms with Gasteiger partial charge < -0.3 is 10.1 Å². The molecule has 1 aromatic rings. The Labute approximate surface area is 129 Å². The molecule has 2 rings (SSSR count). The van der Waals surface area contributed by atoms with Crippen LogP contribution in [0.2, 0.25) is 0 Å². The highest BCUT2D eigenvalue weighted by Crippen LogP contribution is 2.26. The Kier molecular flexibility index (Phi) is 6.07. The van der Waals surface area contributed by atoms with Crippen molar-refractivity contribution in [2.45, 2.75) is 52.7 Å². The van der Waals surface area contributed by atoms with Crippen molar-refractivity contribution in [3.05, 3.63) is 29.3 Å². The van der Waals surface area contributed by atoms with Crippen molar-refractivity contribution < 1.29 is 4.74 Å². The normalized spacial score (nSPS) is 19.4. The average Bonchev–Trinajstić information content (AvgIpc) is 2.93. The van der Waals surface area contributed by atoms with E-state index >= 15 is 0 Å². The lowest BCUT2D eigenvalue weighted by Gasteiger charge is -2.19. The predicted octanol–water partition coefficient (Wildman–Crippen LogP) is 3.43. The van der Waals surface area contributed by atoms with Crippen LogP contribution in [-0.4, -0.2) is 31.1 Å². The molecule has 21 heavy (non-hydrogen) atoms. The van der Waals surface area contributed by atoms with Crippen molar-refractivity contribution in [2.24, 2.45) is 5.92 Å². The van der Waals surface area contributed by atoms with Gasteiger partial charge in [-0.1, -0.05) is 33.3 Å². The Balaban J connectivity index is 2.03. The van der Waals surface area contributed by atoms with Gasteiger partial charge >= 0.3 is 0 Å². The SMILES string of the molecule is CCC1CCN(Cc2cc(CNC(C)C)ccc2OC)C1. The van der Waals surface area contributed by atoms with Crippen molar-refractivity contribution in [3.63, 3.8) is 0 Å². The van der Waals surface area contributed by atoms with Gasteiger partial charge in [0.25, 0.3) is 0 Å². The first-order chi connectivity index (χ1) is 10.1. The lowest BCUT2D eigenvalue weighted by Crippen LogP contribution is -2.23.